The molecule has 0 bridgehead atoms. The standard InChI is InChI=1S/C18H13BrClN5O/c1-26-16-7-4-12(20)8-15(16)24-17-14-9-23-25(18(14)22-10-21-17)13-5-2-11(19)3-6-13/h2-10H,1H3,(H,21,22,24). The van der Waals surface area contributed by atoms with Crippen LogP contribution >= 0.6 is 27.5 Å². The van der Waals surface area contributed by atoms with Gasteiger partial charge < -0.3 is 10.1 Å². The molecular formula is C18H13BrClN5O. The van der Waals surface area contributed by atoms with Gasteiger partial charge in [0.1, 0.15) is 17.9 Å². The second-order valence-electron chi connectivity index (χ2n) is 5.46. The van der Waals surface area contributed by atoms with Gasteiger partial charge in [-0.1, -0.05) is 27.5 Å². The summed E-state index contributed by atoms with van der Waals surface area (Å²) in [6, 6.07) is 13.2. The number of halogens is 2. The van der Waals surface area contributed by atoms with E-state index in [-0.39, 0.29) is 0 Å². The molecule has 0 aliphatic heterocycles. The number of anilines is 2. The first kappa shape index (κ1) is 16.8. The largest absolute Gasteiger partial charge is 0.495 e. The van der Waals surface area contributed by atoms with Crippen LogP contribution in [0.1, 0.15) is 0 Å². The smallest absolute Gasteiger partial charge is 0.168 e. The maximum Gasteiger partial charge on any atom is 0.168 e. The second-order valence-corrected chi connectivity index (χ2v) is 6.81. The molecule has 0 aliphatic rings. The number of nitrogens with one attached hydrogen (secondary N) is 1. The van der Waals surface area contributed by atoms with Crippen LogP contribution in [-0.2, 0) is 0 Å². The van der Waals surface area contributed by atoms with E-state index in [4.69, 9.17) is 16.3 Å². The Hall–Kier alpha value is -2.64. The van der Waals surface area contributed by atoms with Gasteiger partial charge in [0, 0.05) is 9.50 Å². The summed E-state index contributed by atoms with van der Waals surface area (Å²) in [4.78, 5) is 8.73. The number of hydrogen-bond acceptors (Lipinski definition) is 5. The number of fused-ring (bicyclic) bond motifs is 1. The molecule has 0 fully saturated rings. The quantitative estimate of drug-likeness (QED) is 0.494. The highest BCUT2D eigenvalue weighted by Gasteiger charge is 2.13. The van der Waals surface area contributed by atoms with E-state index < -0.39 is 0 Å². The molecule has 4 rings (SSSR count). The molecule has 26 heavy (non-hydrogen) atoms. The van der Waals surface area contributed by atoms with E-state index >= 15 is 0 Å². The van der Waals surface area contributed by atoms with Crippen LogP contribution in [0.2, 0.25) is 5.02 Å². The first-order valence-corrected chi connectivity index (χ1v) is 8.88. The normalized spacial score (nSPS) is 10.9. The van der Waals surface area contributed by atoms with Crippen molar-refractivity contribution in [1.29, 1.82) is 0 Å². The summed E-state index contributed by atoms with van der Waals surface area (Å²) in [5.74, 6) is 1.29. The van der Waals surface area contributed by atoms with Crippen LogP contribution in [0.3, 0.4) is 0 Å². The Morgan fingerprint density at radius 3 is 2.69 bits per heavy atom. The molecule has 0 spiro atoms. The van der Waals surface area contributed by atoms with Gasteiger partial charge in [-0.3, -0.25) is 0 Å². The lowest BCUT2D eigenvalue weighted by atomic mass is 10.2. The number of rotatable bonds is 4. The number of benzene rings is 2. The van der Waals surface area contributed by atoms with Crippen LogP contribution in [0.25, 0.3) is 16.7 Å². The third-order valence-corrected chi connectivity index (χ3v) is 4.62. The fourth-order valence-electron chi connectivity index (χ4n) is 2.62. The van der Waals surface area contributed by atoms with Crippen LogP contribution in [0.4, 0.5) is 11.5 Å². The summed E-state index contributed by atoms with van der Waals surface area (Å²) in [6.07, 6.45) is 3.23. The predicted octanol–water partition coefficient (Wildman–Crippen LogP) is 4.98. The minimum Gasteiger partial charge on any atom is -0.495 e. The van der Waals surface area contributed by atoms with Crippen molar-refractivity contribution in [3.63, 3.8) is 0 Å². The highest BCUT2D eigenvalue weighted by atomic mass is 79.9. The van der Waals surface area contributed by atoms with E-state index in [1.54, 1.807) is 36.2 Å². The van der Waals surface area contributed by atoms with E-state index in [0.29, 0.717) is 22.2 Å². The van der Waals surface area contributed by atoms with Crippen molar-refractivity contribution >= 4 is 50.1 Å². The molecule has 0 radical (unpaired) electrons. The summed E-state index contributed by atoms with van der Waals surface area (Å²) in [5.41, 5.74) is 2.33. The SMILES string of the molecule is COc1ccc(Cl)cc1Nc1ncnc2c1cnn2-c1ccc(Br)cc1. The molecule has 0 saturated carbocycles. The first-order chi connectivity index (χ1) is 12.7. The molecule has 0 unspecified atom stereocenters. The van der Waals surface area contributed by atoms with Gasteiger partial charge in [-0.2, -0.15) is 5.10 Å². The van der Waals surface area contributed by atoms with Crippen molar-refractivity contribution in [3.8, 4) is 11.4 Å². The average molecular weight is 431 g/mol. The Morgan fingerprint density at radius 1 is 1.12 bits per heavy atom. The highest BCUT2D eigenvalue weighted by molar-refractivity contribution is 9.10. The highest BCUT2D eigenvalue weighted by Crippen LogP contribution is 2.32. The zero-order chi connectivity index (χ0) is 18.1. The van der Waals surface area contributed by atoms with Crippen LogP contribution < -0.4 is 10.1 Å². The molecular weight excluding hydrogens is 418 g/mol. The maximum absolute atomic E-state index is 6.11. The Kier molecular flexibility index (Phi) is 4.48. The Labute approximate surface area is 162 Å². The molecule has 1 N–H and O–H groups in total. The molecule has 4 aromatic rings. The lowest BCUT2D eigenvalue weighted by molar-refractivity contribution is 0.417. The third-order valence-electron chi connectivity index (χ3n) is 3.85. The van der Waals surface area contributed by atoms with E-state index in [1.165, 1.54) is 6.33 Å². The molecule has 0 amide bonds. The number of nitrogens with zero attached hydrogens (tertiary/aromatic N) is 4. The van der Waals surface area contributed by atoms with E-state index in [1.807, 2.05) is 24.3 Å². The summed E-state index contributed by atoms with van der Waals surface area (Å²) in [6.45, 7) is 0. The first-order valence-electron chi connectivity index (χ1n) is 7.71. The number of methoxy groups -OCH3 is 1. The van der Waals surface area contributed by atoms with Gasteiger partial charge in [0.15, 0.2) is 5.65 Å². The molecule has 2 aromatic heterocycles. The summed E-state index contributed by atoms with van der Waals surface area (Å²) in [7, 11) is 1.61. The van der Waals surface area contributed by atoms with Crippen molar-refractivity contribution in [2.75, 3.05) is 12.4 Å². The number of ether oxygens (including phenoxy) is 1. The minimum absolute atomic E-state index is 0.601. The summed E-state index contributed by atoms with van der Waals surface area (Å²) in [5, 5.41) is 9.11. The van der Waals surface area contributed by atoms with Gasteiger partial charge in [0.05, 0.1) is 30.1 Å². The monoisotopic (exact) mass is 429 g/mol. The zero-order valence-electron chi connectivity index (χ0n) is 13.6. The predicted molar refractivity (Wildman–Crippen MR) is 106 cm³/mol. The average Bonchev–Trinajstić information content (AvgIpc) is 3.08. The Morgan fingerprint density at radius 2 is 1.92 bits per heavy atom. The zero-order valence-corrected chi connectivity index (χ0v) is 16.0. The van der Waals surface area contributed by atoms with E-state index in [0.717, 1.165) is 21.2 Å². The van der Waals surface area contributed by atoms with Crippen molar-refractivity contribution < 1.29 is 4.74 Å². The lowest BCUT2D eigenvalue weighted by Crippen LogP contribution is -2.00. The van der Waals surface area contributed by atoms with Gasteiger partial charge in [0.25, 0.3) is 0 Å². The molecule has 0 atom stereocenters. The Bertz CT molecular complexity index is 1080. The van der Waals surface area contributed by atoms with E-state index in [9.17, 15) is 0 Å². The molecule has 6 nitrogen and oxygen atoms in total. The topological polar surface area (TPSA) is 64.9 Å². The molecule has 0 aliphatic carbocycles. The Balaban J connectivity index is 1.78. The van der Waals surface area contributed by atoms with Gasteiger partial charge >= 0.3 is 0 Å². The van der Waals surface area contributed by atoms with Gasteiger partial charge in [-0.15, -0.1) is 0 Å². The second kappa shape index (κ2) is 6.93. The van der Waals surface area contributed by atoms with Gasteiger partial charge in [0.2, 0.25) is 0 Å². The van der Waals surface area contributed by atoms with Gasteiger partial charge in [-0.05, 0) is 42.5 Å². The number of aromatic nitrogens is 4. The summed E-state index contributed by atoms with van der Waals surface area (Å²) >= 11 is 9.55. The summed E-state index contributed by atoms with van der Waals surface area (Å²) < 4.78 is 8.15. The minimum atomic E-state index is 0.601. The molecule has 130 valence electrons. The van der Waals surface area contributed by atoms with Gasteiger partial charge in [-0.25, -0.2) is 14.6 Å². The van der Waals surface area contributed by atoms with Crippen LogP contribution in [0, 0.1) is 0 Å². The van der Waals surface area contributed by atoms with Crippen molar-refractivity contribution in [3.05, 3.63) is 64.5 Å². The van der Waals surface area contributed by atoms with Crippen LogP contribution in [0.15, 0.2) is 59.5 Å². The van der Waals surface area contributed by atoms with E-state index in [2.05, 4.69) is 36.3 Å². The third kappa shape index (κ3) is 3.11. The molecule has 2 heterocycles. The molecule has 8 heteroatoms. The molecule has 2 aromatic carbocycles. The van der Waals surface area contributed by atoms with Crippen molar-refractivity contribution in [1.82, 2.24) is 19.7 Å². The van der Waals surface area contributed by atoms with Crippen LogP contribution in [-0.4, -0.2) is 26.9 Å². The van der Waals surface area contributed by atoms with Crippen molar-refractivity contribution in [2.24, 2.45) is 0 Å². The number of hydrogen-bond donors (Lipinski definition) is 1. The maximum atomic E-state index is 6.11. The molecule has 0 saturated heterocycles. The fraction of sp³-hybridized carbons (Fsp3) is 0.0556. The van der Waals surface area contributed by atoms with Crippen LogP contribution in [0.5, 0.6) is 5.75 Å². The van der Waals surface area contributed by atoms with Crippen molar-refractivity contribution in [2.45, 2.75) is 0 Å². The fourth-order valence-corrected chi connectivity index (χ4v) is 3.06. The lowest BCUT2D eigenvalue weighted by Gasteiger charge is -2.11.